The first-order valence-electron chi connectivity index (χ1n) is 5.27. The summed E-state index contributed by atoms with van der Waals surface area (Å²) in [6.07, 6.45) is 1.16. The van der Waals surface area contributed by atoms with Gasteiger partial charge < -0.3 is 10.1 Å². The summed E-state index contributed by atoms with van der Waals surface area (Å²) >= 11 is 6.15. The van der Waals surface area contributed by atoms with E-state index < -0.39 is 0 Å². The molecule has 1 aromatic carbocycles. The van der Waals surface area contributed by atoms with Crippen LogP contribution in [-0.4, -0.2) is 20.2 Å². The fourth-order valence-corrected chi connectivity index (χ4v) is 2.43. The number of methoxy groups -OCH3 is 1. The van der Waals surface area contributed by atoms with Crippen LogP contribution in [0.3, 0.4) is 0 Å². The lowest BCUT2D eigenvalue weighted by Crippen LogP contribution is -2.10. The SMILES string of the molecule is COc1ccc(Cl)c(C)c1C1CCNC1. The van der Waals surface area contributed by atoms with E-state index in [4.69, 9.17) is 16.3 Å². The Labute approximate surface area is 95.6 Å². The van der Waals surface area contributed by atoms with Crippen LogP contribution in [0.15, 0.2) is 12.1 Å². The number of halogens is 1. The molecule has 1 heterocycles. The van der Waals surface area contributed by atoms with Crippen molar-refractivity contribution in [3.05, 3.63) is 28.3 Å². The quantitative estimate of drug-likeness (QED) is 0.836. The summed E-state index contributed by atoms with van der Waals surface area (Å²) in [6.45, 7) is 4.18. The van der Waals surface area contributed by atoms with Gasteiger partial charge in [-0.1, -0.05) is 11.6 Å². The first-order valence-corrected chi connectivity index (χ1v) is 5.65. The molecule has 1 atom stereocenters. The predicted octanol–water partition coefficient (Wildman–Crippen LogP) is 2.73. The highest BCUT2D eigenvalue weighted by Crippen LogP contribution is 2.36. The van der Waals surface area contributed by atoms with Crippen molar-refractivity contribution in [2.75, 3.05) is 20.2 Å². The number of rotatable bonds is 2. The first-order chi connectivity index (χ1) is 7.24. The molecule has 15 heavy (non-hydrogen) atoms. The average Bonchev–Trinajstić information content (AvgIpc) is 2.75. The molecule has 1 aromatic rings. The molecule has 1 saturated heterocycles. The average molecular weight is 226 g/mol. The molecule has 0 aromatic heterocycles. The minimum Gasteiger partial charge on any atom is -0.496 e. The van der Waals surface area contributed by atoms with Crippen molar-refractivity contribution in [3.8, 4) is 5.75 Å². The van der Waals surface area contributed by atoms with Gasteiger partial charge in [0, 0.05) is 23.0 Å². The second kappa shape index (κ2) is 4.42. The van der Waals surface area contributed by atoms with E-state index in [9.17, 15) is 0 Å². The number of hydrogen-bond acceptors (Lipinski definition) is 2. The second-order valence-electron chi connectivity index (χ2n) is 3.98. The van der Waals surface area contributed by atoms with Crippen LogP contribution < -0.4 is 10.1 Å². The highest BCUT2D eigenvalue weighted by molar-refractivity contribution is 6.31. The minimum atomic E-state index is 0.540. The van der Waals surface area contributed by atoms with Crippen LogP contribution in [0.4, 0.5) is 0 Å². The van der Waals surface area contributed by atoms with Crippen LogP contribution in [-0.2, 0) is 0 Å². The molecule has 0 amide bonds. The predicted molar refractivity (Wildman–Crippen MR) is 63.0 cm³/mol. The Hall–Kier alpha value is -0.730. The van der Waals surface area contributed by atoms with E-state index in [2.05, 4.69) is 12.2 Å². The molecule has 0 aliphatic carbocycles. The summed E-state index contributed by atoms with van der Waals surface area (Å²) in [5, 5.41) is 4.20. The number of nitrogens with one attached hydrogen (secondary N) is 1. The Morgan fingerprint density at radius 1 is 1.47 bits per heavy atom. The molecular weight excluding hydrogens is 210 g/mol. The van der Waals surface area contributed by atoms with E-state index in [0.29, 0.717) is 5.92 Å². The zero-order chi connectivity index (χ0) is 10.8. The Bertz CT molecular complexity index is 359. The molecule has 0 saturated carbocycles. The number of hydrogen-bond donors (Lipinski definition) is 1. The molecule has 1 fully saturated rings. The van der Waals surface area contributed by atoms with E-state index in [1.807, 2.05) is 12.1 Å². The van der Waals surface area contributed by atoms with E-state index >= 15 is 0 Å². The Balaban J connectivity index is 2.45. The summed E-state index contributed by atoms with van der Waals surface area (Å²) in [6, 6.07) is 3.87. The lowest BCUT2D eigenvalue weighted by atomic mass is 9.93. The normalized spacial score (nSPS) is 20.6. The Kier molecular flexibility index (Phi) is 3.17. The van der Waals surface area contributed by atoms with Crippen molar-refractivity contribution < 1.29 is 4.74 Å². The third kappa shape index (κ3) is 1.97. The minimum absolute atomic E-state index is 0.540. The van der Waals surface area contributed by atoms with Crippen molar-refractivity contribution in [3.63, 3.8) is 0 Å². The molecule has 0 bridgehead atoms. The lowest BCUT2D eigenvalue weighted by Gasteiger charge is -2.17. The molecule has 0 spiro atoms. The molecule has 0 radical (unpaired) electrons. The molecule has 2 nitrogen and oxygen atoms in total. The first kappa shape index (κ1) is 10.8. The maximum absolute atomic E-state index is 6.15. The van der Waals surface area contributed by atoms with E-state index in [-0.39, 0.29) is 0 Å². The van der Waals surface area contributed by atoms with E-state index in [0.717, 1.165) is 35.8 Å². The van der Waals surface area contributed by atoms with Gasteiger partial charge in [-0.25, -0.2) is 0 Å². The maximum Gasteiger partial charge on any atom is 0.122 e. The Morgan fingerprint density at radius 2 is 2.27 bits per heavy atom. The highest BCUT2D eigenvalue weighted by atomic mass is 35.5. The molecule has 82 valence electrons. The summed E-state index contributed by atoms with van der Waals surface area (Å²) < 4.78 is 5.41. The smallest absolute Gasteiger partial charge is 0.122 e. The van der Waals surface area contributed by atoms with Crippen LogP contribution >= 0.6 is 11.6 Å². The number of ether oxygens (including phenoxy) is 1. The van der Waals surface area contributed by atoms with Gasteiger partial charge in [0.15, 0.2) is 0 Å². The fraction of sp³-hybridized carbons (Fsp3) is 0.500. The summed E-state index contributed by atoms with van der Waals surface area (Å²) in [4.78, 5) is 0. The van der Waals surface area contributed by atoms with Crippen molar-refractivity contribution in [2.45, 2.75) is 19.3 Å². The standard InChI is InChI=1S/C12H16ClNO/c1-8-10(13)3-4-11(15-2)12(8)9-5-6-14-7-9/h3-4,9,14H,5-7H2,1-2H3. The van der Waals surface area contributed by atoms with Crippen molar-refractivity contribution in [1.29, 1.82) is 0 Å². The molecular formula is C12H16ClNO. The van der Waals surface area contributed by atoms with Gasteiger partial charge in [-0.05, 0) is 37.6 Å². The van der Waals surface area contributed by atoms with Gasteiger partial charge in [-0.15, -0.1) is 0 Å². The third-order valence-electron chi connectivity index (χ3n) is 3.10. The van der Waals surface area contributed by atoms with Gasteiger partial charge in [0.2, 0.25) is 0 Å². The molecule has 1 aliphatic rings. The zero-order valence-corrected chi connectivity index (χ0v) is 9.90. The van der Waals surface area contributed by atoms with Crippen LogP contribution in [0.1, 0.15) is 23.5 Å². The third-order valence-corrected chi connectivity index (χ3v) is 3.51. The van der Waals surface area contributed by atoms with Gasteiger partial charge >= 0.3 is 0 Å². The van der Waals surface area contributed by atoms with Crippen molar-refractivity contribution >= 4 is 11.6 Å². The fourth-order valence-electron chi connectivity index (χ4n) is 2.26. The van der Waals surface area contributed by atoms with Crippen LogP contribution in [0.2, 0.25) is 5.02 Å². The van der Waals surface area contributed by atoms with Crippen LogP contribution in [0.25, 0.3) is 0 Å². The maximum atomic E-state index is 6.15. The van der Waals surface area contributed by atoms with Gasteiger partial charge in [0.05, 0.1) is 7.11 Å². The van der Waals surface area contributed by atoms with Gasteiger partial charge in [-0.3, -0.25) is 0 Å². The van der Waals surface area contributed by atoms with Gasteiger partial charge in [0.25, 0.3) is 0 Å². The van der Waals surface area contributed by atoms with E-state index in [1.165, 1.54) is 5.56 Å². The summed E-state index contributed by atoms with van der Waals surface area (Å²) in [5.41, 5.74) is 2.43. The molecule has 1 N–H and O–H groups in total. The van der Waals surface area contributed by atoms with Crippen LogP contribution in [0, 0.1) is 6.92 Å². The lowest BCUT2D eigenvalue weighted by molar-refractivity contribution is 0.406. The summed E-state index contributed by atoms with van der Waals surface area (Å²) in [7, 11) is 1.72. The number of benzene rings is 1. The summed E-state index contributed by atoms with van der Waals surface area (Å²) in [5.74, 6) is 1.50. The monoisotopic (exact) mass is 225 g/mol. The largest absolute Gasteiger partial charge is 0.496 e. The van der Waals surface area contributed by atoms with Gasteiger partial charge in [-0.2, -0.15) is 0 Å². The highest BCUT2D eigenvalue weighted by Gasteiger charge is 2.22. The van der Waals surface area contributed by atoms with Gasteiger partial charge in [0.1, 0.15) is 5.75 Å². The second-order valence-corrected chi connectivity index (χ2v) is 4.39. The van der Waals surface area contributed by atoms with Crippen molar-refractivity contribution in [2.24, 2.45) is 0 Å². The molecule has 1 unspecified atom stereocenters. The molecule has 2 rings (SSSR count). The van der Waals surface area contributed by atoms with Crippen molar-refractivity contribution in [1.82, 2.24) is 5.32 Å². The van der Waals surface area contributed by atoms with Crippen LogP contribution in [0.5, 0.6) is 5.75 Å². The topological polar surface area (TPSA) is 21.3 Å². The molecule has 3 heteroatoms. The Morgan fingerprint density at radius 3 is 2.87 bits per heavy atom. The van der Waals surface area contributed by atoms with E-state index in [1.54, 1.807) is 7.11 Å². The zero-order valence-electron chi connectivity index (χ0n) is 9.14. The molecule has 1 aliphatic heterocycles.